The largest absolute Gasteiger partial charge is 0.493 e. The lowest BCUT2D eigenvalue weighted by atomic mass is 10.1. The normalized spacial score (nSPS) is 10.8. The van der Waals surface area contributed by atoms with Crippen LogP contribution in [0.15, 0.2) is 69.9 Å². The Morgan fingerprint density at radius 1 is 0.972 bits per heavy atom. The molecule has 0 aliphatic heterocycles. The van der Waals surface area contributed by atoms with Crippen molar-refractivity contribution in [3.8, 4) is 28.6 Å². The second-order valence-electron chi connectivity index (χ2n) is 8.17. The van der Waals surface area contributed by atoms with Crippen LogP contribution in [-0.4, -0.2) is 33.3 Å². The number of hydrogen-bond donors (Lipinski definition) is 1. The summed E-state index contributed by atoms with van der Waals surface area (Å²) >= 11 is 6.02. The molecule has 7 nitrogen and oxygen atoms in total. The second kappa shape index (κ2) is 11.2. The molecule has 0 saturated carbocycles. The molecule has 4 aromatic rings. The van der Waals surface area contributed by atoms with Crippen molar-refractivity contribution >= 4 is 28.5 Å². The summed E-state index contributed by atoms with van der Waals surface area (Å²) in [5.74, 6) is 1.12. The molecule has 0 saturated heterocycles. The van der Waals surface area contributed by atoms with Gasteiger partial charge in [-0.1, -0.05) is 23.7 Å². The van der Waals surface area contributed by atoms with Gasteiger partial charge in [-0.3, -0.25) is 9.59 Å². The van der Waals surface area contributed by atoms with Gasteiger partial charge < -0.3 is 23.9 Å². The quantitative estimate of drug-likeness (QED) is 0.336. The van der Waals surface area contributed by atoms with Crippen LogP contribution in [0.5, 0.6) is 17.2 Å². The number of halogens is 1. The van der Waals surface area contributed by atoms with Crippen LogP contribution in [0.2, 0.25) is 5.02 Å². The van der Waals surface area contributed by atoms with Gasteiger partial charge in [0.05, 0.1) is 19.6 Å². The number of benzene rings is 3. The maximum Gasteiger partial charge on any atom is 0.257 e. The summed E-state index contributed by atoms with van der Waals surface area (Å²) < 4.78 is 22.4. The number of carbonyl (C=O) groups is 1. The summed E-state index contributed by atoms with van der Waals surface area (Å²) in [5, 5.41) is 3.74. The Morgan fingerprint density at radius 2 is 1.72 bits per heavy atom. The van der Waals surface area contributed by atoms with E-state index in [0.29, 0.717) is 46.0 Å². The van der Waals surface area contributed by atoms with E-state index in [9.17, 15) is 9.59 Å². The molecular formula is C28H26ClNO6. The number of hydrogen-bond acceptors (Lipinski definition) is 6. The fourth-order valence-corrected chi connectivity index (χ4v) is 3.90. The Bertz CT molecular complexity index is 1450. The number of methoxy groups -OCH3 is 2. The third-order valence-corrected chi connectivity index (χ3v) is 5.90. The first kappa shape index (κ1) is 25.1. The van der Waals surface area contributed by atoms with Gasteiger partial charge in [0.2, 0.25) is 11.2 Å². The van der Waals surface area contributed by atoms with Crippen LogP contribution >= 0.6 is 11.6 Å². The van der Waals surface area contributed by atoms with Gasteiger partial charge >= 0.3 is 0 Å². The summed E-state index contributed by atoms with van der Waals surface area (Å²) in [7, 11) is 3.15. The maximum absolute atomic E-state index is 13.3. The van der Waals surface area contributed by atoms with Crippen LogP contribution in [0.3, 0.4) is 0 Å². The number of ether oxygens (including phenoxy) is 3. The fraction of sp³-hybridized carbons (Fsp3) is 0.214. The average molecular weight is 508 g/mol. The zero-order chi connectivity index (χ0) is 25.7. The summed E-state index contributed by atoms with van der Waals surface area (Å²) in [4.78, 5) is 25.8. The van der Waals surface area contributed by atoms with Gasteiger partial charge in [-0.25, -0.2) is 0 Å². The number of rotatable bonds is 9. The van der Waals surface area contributed by atoms with E-state index < -0.39 is 0 Å². The van der Waals surface area contributed by atoms with Crippen LogP contribution < -0.4 is 25.0 Å². The van der Waals surface area contributed by atoms with E-state index in [1.54, 1.807) is 50.6 Å². The van der Waals surface area contributed by atoms with Crippen LogP contribution in [0.25, 0.3) is 22.3 Å². The summed E-state index contributed by atoms with van der Waals surface area (Å²) in [6, 6.07) is 17.8. The SMILES string of the molecule is COc1ccc(CCNC(=O)COc2c(-c3ccc(Cl)cc3)oc3cc(C)ccc3c2=O)cc1OC. The Morgan fingerprint density at radius 3 is 2.44 bits per heavy atom. The Hall–Kier alpha value is -3.97. The van der Waals surface area contributed by atoms with Gasteiger partial charge in [0, 0.05) is 17.1 Å². The topological polar surface area (TPSA) is 87.0 Å². The highest BCUT2D eigenvalue weighted by Gasteiger charge is 2.19. The lowest BCUT2D eigenvalue weighted by Gasteiger charge is -2.13. The monoisotopic (exact) mass is 507 g/mol. The van der Waals surface area contributed by atoms with Gasteiger partial charge in [0.15, 0.2) is 23.9 Å². The lowest BCUT2D eigenvalue weighted by molar-refractivity contribution is -0.123. The third-order valence-electron chi connectivity index (χ3n) is 5.64. The standard InChI is InChI=1S/C28H26ClNO6/c1-17-4-10-21-23(14-17)36-27(19-6-8-20(29)9-7-19)28(26(21)32)35-16-25(31)30-13-12-18-5-11-22(33-2)24(15-18)34-3/h4-11,14-15H,12-13,16H2,1-3H3,(H,30,31). The summed E-state index contributed by atoms with van der Waals surface area (Å²) in [6.07, 6.45) is 0.583. The molecule has 36 heavy (non-hydrogen) atoms. The fourth-order valence-electron chi connectivity index (χ4n) is 3.78. The zero-order valence-corrected chi connectivity index (χ0v) is 21.0. The number of nitrogens with one attached hydrogen (secondary N) is 1. The minimum absolute atomic E-state index is 0.0243. The van der Waals surface area contributed by atoms with Gasteiger partial charge in [-0.05, 0) is 73.0 Å². The molecule has 0 unspecified atom stereocenters. The number of aryl methyl sites for hydroxylation is 1. The van der Waals surface area contributed by atoms with E-state index in [1.165, 1.54) is 0 Å². The smallest absolute Gasteiger partial charge is 0.257 e. The van der Waals surface area contributed by atoms with E-state index in [-0.39, 0.29) is 29.5 Å². The molecule has 0 atom stereocenters. The first-order valence-corrected chi connectivity index (χ1v) is 11.7. The number of amides is 1. The summed E-state index contributed by atoms with van der Waals surface area (Å²) in [6.45, 7) is 1.96. The van der Waals surface area contributed by atoms with Crippen molar-refractivity contribution in [2.75, 3.05) is 27.4 Å². The van der Waals surface area contributed by atoms with Gasteiger partial charge in [-0.2, -0.15) is 0 Å². The molecule has 0 spiro atoms. The molecule has 0 bridgehead atoms. The van der Waals surface area contributed by atoms with Crippen molar-refractivity contribution in [3.05, 3.63) is 87.0 Å². The average Bonchev–Trinajstić information content (AvgIpc) is 2.88. The molecule has 1 heterocycles. The minimum atomic E-state index is -0.360. The number of carbonyl (C=O) groups excluding carboxylic acids is 1. The van der Waals surface area contributed by atoms with Crippen LogP contribution in [-0.2, 0) is 11.2 Å². The lowest BCUT2D eigenvalue weighted by Crippen LogP contribution is -2.31. The molecule has 3 aromatic carbocycles. The maximum atomic E-state index is 13.3. The van der Waals surface area contributed by atoms with E-state index >= 15 is 0 Å². The summed E-state index contributed by atoms with van der Waals surface area (Å²) in [5.41, 5.74) is 2.64. The highest BCUT2D eigenvalue weighted by molar-refractivity contribution is 6.30. The van der Waals surface area contributed by atoms with Gasteiger partial charge in [0.25, 0.3) is 5.91 Å². The van der Waals surface area contributed by atoms with Crippen LogP contribution in [0.1, 0.15) is 11.1 Å². The predicted molar refractivity (Wildman–Crippen MR) is 139 cm³/mol. The zero-order valence-electron chi connectivity index (χ0n) is 20.2. The molecule has 8 heteroatoms. The van der Waals surface area contributed by atoms with Crippen molar-refractivity contribution in [2.45, 2.75) is 13.3 Å². The Kier molecular flexibility index (Phi) is 7.80. The Labute approximate surface area is 213 Å². The third kappa shape index (κ3) is 5.63. The molecular weight excluding hydrogens is 482 g/mol. The molecule has 1 N–H and O–H groups in total. The molecule has 0 aliphatic carbocycles. The van der Waals surface area contributed by atoms with E-state index in [2.05, 4.69) is 5.32 Å². The van der Waals surface area contributed by atoms with Crippen molar-refractivity contribution in [3.63, 3.8) is 0 Å². The van der Waals surface area contributed by atoms with E-state index in [1.807, 2.05) is 31.2 Å². The van der Waals surface area contributed by atoms with Crippen LogP contribution in [0.4, 0.5) is 0 Å². The molecule has 0 fully saturated rings. The van der Waals surface area contributed by atoms with Crippen molar-refractivity contribution < 1.29 is 23.4 Å². The highest BCUT2D eigenvalue weighted by Crippen LogP contribution is 2.32. The van der Waals surface area contributed by atoms with Crippen LogP contribution in [0, 0.1) is 6.92 Å². The predicted octanol–water partition coefficient (Wildman–Crippen LogP) is 5.18. The van der Waals surface area contributed by atoms with Crippen molar-refractivity contribution in [1.82, 2.24) is 5.32 Å². The van der Waals surface area contributed by atoms with Gasteiger partial charge in [-0.15, -0.1) is 0 Å². The Balaban J connectivity index is 1.49. The number of fused-ring (bicyclic) bond motifs is 1. The molecule has 0 radical (unpaired) electrons. The van der Waals surface area contributed by atoms with E-state index in [0.717, 1.165) is 11.1 Å². The first-order valence-electron chi connectivity index (χ1n) is 11.3. The van der Waals surface area contributed by atoms with Gasteiger partial charge in [0.1, 0.15) is 5.58 Å². The molecule has 0 aliphatic rings. The van der Waals surface area contributed by atoms with E-state index in [4.69, 9.17) is 30.2 Å². The molecule has 186 valence electrons. The molecule has 4 rings (SSSR count). The molecule has 1 aromatic heterocycles. The highest BCUT2D eigenvalue weighted by atomic mass is 35.5. The second-order valence-corrected chi connectivity index (χ2v) is 8.61. The van der Waals surface area contributed by atoms with Crippen molar-refractivity contribution in [2.24, 2.45) is 0 Å². The van der Waals surface area contributed by atoms with Crippen molar-refractivity contribution in [1.29, 1.82) is 0 Å². The minimum Gasteiger partial charge on any atom is -0.493 e. The molecule has 1 amide bonds. The first-order chi connectivity index (χ1) is 17.4.